The van der Waals surface area contributed by atoms with Crippen molar-refractivity contribution in [1.82, 2.24) is 4.57 Å². The topological polar surface area (TPSA) is 22.0 Å². The van der Waals surface area contributed by atoms with Gasteiger partial charge in [0.2, 0.25) is 0 Å². The van der Waals surface area contributed by atoms with Crippen molar-refractivity contribution in [1.29, 1.82) is 0 Å². The van der Waals surface area contributed by atoms with Crippen LogP contribution in [0.25, 0.3) is 17.0 Å². The molecule has 0 radical (unpaired) electrons. The molecule has 4 rings (SSSR count). The highest BCUT2D eigenvalue weighted by Crippen LogP contribution is 2.24. The summed E-state index contributed by atoms with van der Waals surface area (Å²) in [5.74, 6) is 0.00883. The summed E-state index contributed by atoms with van der Waals surface area (Å²) in [5, 5.41) is 1.86. The second-order valence-corrected chi connectivity index (χ2v) is 7.36. The van der Waals surface area contributed by atoms with Crippen molar-refractivity contribution < 1.29 is 4.79 Å². The number of hydrogen-bond donors (Lipinski definition) is 0. The van der Waals surface area contributed by atoms with Gasteiger partial charge in [-0.1, -0.05) is 71.8 Å². The summed E-state index contributed by atoms with van der Waals surface area (Å²) in [6.45, 7) is 2.76. The fraction of sp³-hybridized carbons (Fsp3) is 0.0800. The smallest absolute Gasteiger partial charge is 0.185 e. The number of para-hydroxylation sites is 1. The number of allylic oxidation sites excluding steroid dienone is 1. The Labute approximate surface area is 169 Å². The van der Waals surface area contributed by atoms with Gasteiger partial charge in [-0.2, -0.15) is 0 Å². The highest BCUT2D eigenvalue weighted by Gasteiger charge is 2.08. The standard InChI is InChI=1S/C25H20ClNO/c1-18-6-10-20(11-7-18)25(28)15-12-21-17-27(24-5-3-2-4-23(21)24)16-19-8-13-22(26)14-9-19/h2-15,17H,16H2,1H3/b15-12+. The third-order valence-corrected chi connectivity index (χ3v) is 5.09. The molecule has 0 aliphatic heterocycles. The zero-order valence-corrected chi connectivity index (χ0v) is 16.4. The van der Waals surface area contributed by atoms with Crippen LogP contribution >= 0.6 is 11.6 Å². The van der Waals surface area contributed by atoms with E-state index < -0.39 is 0 Å². The molecule has 0 atom stereocenters. The van der Waals surface area contributed by atoms with Gasteiger partial charge < -0.3 is 4.57 Å². The molecule has 0 N–H and O–H groups in total. The molecule has 3 heteroatoms. The molecule has 0 saturated heterocycles. The first kappa shape index (κ1) is 18.3. The summed E-state index contributed by atoms with van der Waals surface area (Å²) in [7, 11) is 0. The van der Waals surface area contributed by atoms with Crippen LogP contribution in [0.4, 0.5) is 0 Å². The first-order valence-electron chi connectivity index (χ1n) is 9.21. The number of rotatable bonds is 5. The lowest BCUT2D eigenvalue weighted by atomic mass is 10.1. The summed E-state index contributed by atoms with van der Waals surface area (Å²) in [6, 6.07) is 23.8. The molecular formula is C25H20ClNO. The van der Waals surface area contributed by atoms with Crippen LogP contribution in [-0.4, -0.2) is 10.4 Å². The largest absolute Gasteiger partial charge is 0.342 e. The van der Waals surface area contributed by atoms with Crippen LogP contribution in [0.15, 0.2) is 85.1 Å². The minimum absolute atomic E-state index is 0.00883. The molecule has 138 valence electrons. The summed E-state index contributed by atoms with van der Waals surface area (Å²) in [5.41, 5.74) is 5.19. The normalized spacial score (nSPS) is 11.4. The van der Waals surface area contributed by atoms with Crippen LogP contribution in [-0.2, 0) is 6.54 Å². The summed E-state index contributed by atoms with van der Waals surface area (Å²) < 4.78 is 2.20. The van der Waals surface area contributed by atoms with Crippen molar-refractivity contribution >= 4 is 34.4 Å². The Balaban J connectivity index is 1.64. The van der Waals surface area contributed by atoms with Gasteiger partial charge in [-0.3, -0.25) is 4.79 Å². The number of aromatic nitrogens is 1. The number of carbonyl (C=O) groups excluding carboxylic acids is 1. The fourth-order valence-electron chi connectivity index (χ4n) is 3.30. The lowest BCUT2D eigenvalue weighted by molar-refractivity contribution is 0.104. The molecule has 0 aliphatic carbocycles. The van der Waals surface area contributed by atoms with Crippen LogP contribution in [0.3, 0.4) is 0 Å². The second kappa shape index (κ2) is 7.87. The van der Waals surface area contributed by atoms with E-state index in [0.717, 1.165) is 33.6 Å². The summed E-state index contributed by atoms with van der Waals surface area (Å²) in [4.78, 5) is 12.5. The average molecular weight is 386 g/mol. The molecule has 0 fully saturated rings. The van der Waals surface area contributed by atoms with E-state index >= 15 is 0 Å². The van der Waals surface area contributed by atoms with E-state index in [4.69, 9.17) is 11.6 Å². The molecule has 28 heavy (non-hydrogen) atoms. The Morgan fingerprint density at radius 3 is 2.43 bits per heavy atom. The highest BCUT2D eigenvalue weighted by molar-refractivity contribution is 6.30. The number of benzene rings is 3. The van der Waals surface area contributed by atoms with Gasteiger partial charge >= 0.3 is 0 Å². The zero-order valence-electron chi connectivity index (χ0n) is 15.6. The molecule has 0 amide bonds. The van der Waals surface area contributed by atoms with E-state index in [1.165, 1.54) is 5.56 Å². The molecule has 0 aliphatic rings. The SMILES string of the molecule is Cc1ccc(C(=O)/C=C/c2cn(Cc3ccc(Cl)cc3)c3ccccc23)cc1. The van der Waals surface area contributed by atoms with Crippen LogP contribution in [0, 0.1) is 6.92 Å². The molecule has 0 spiro atoms. The van der Waals surface area contributed by atoms with E-state index in [1.807, 2.05) is 73.7 Å². The van der Waals surface area contributed by atoms with Crippen molar-refractivity contribution in [3.8, 4) is 0 Å². The Morgan fingerprint density at radius 2 is 1.68 bits per heavy atom. The highest BCUT2D eigenvalue weighted by atomic mass is 35.5. The maximum atomic E-state index is 12.5. The minimum Gasteiger partial charge on any atom is -0.342 e. The van der Waals surface area contributed by atoms with Gasteiger partial charge in [-0.15, -0.1) is 0 Å². The molecule has 0 bridgehead atoms. The van der Waals surface area contributed by atoms with E-state index in [0.29, 0.717) is 5.56 Å². The second-order valence-electron chi connectivity index (χ2n) is 6.92. The van der Waals surface area contributed by atoms with Crippen LogP contribution in [0.1, 0.15) is 27.0 Å². The quantitative estimate of drug-likeness (QED) is 0.282. The summed E-state index contributed by atoms with van der Waals surface area (Å²) in [6.07, 6.45) is 5.65. The lowest BCUT2D eigenvalue weighted by Gasteiger charge is -2.05. The van der Waals surface area contributed by atoms with Crippen molar-refractivity contribution in [2.24, 2.45) is 0 Å². The van der Waals surface area contributed by atoms with Gasteiger partial charge in [0, 0.05) is 39.8 Å². The fourth-order valence-corrected chi connectivity index (χ4v) is 3.43. The predicted octanol–water partition coefficient (Wildman–Crippen LogP) is 6.55. The van der Waals surface area contributed by atoms with Crippen LogP contribution in [0.5, 0.6) is 0 Å². The molecule has 1 heterocycles. The van der Waals surface area contributed by atoms with Crippen molar-refractivity contribution in [2.75, 3.05) is 0 Å². The van der Waals surface area contributed by atoms with Crippen molar-refractivity contribution in [2.45, 2.75) is 13.5 Å². The minimum atomic E-state index is 0.00883. The first-order chi connectivity index (χ1) is 13.6. The zero-order chi connectivity index (χ0) is 19.5. The number of ketones is 1. The number of halogens is 1. The van der Waals surface area contributed by atoms with Gasteiger partial charge in [-0.25, -0.2) is 0 Å². The van der Waals surface area contributed by atoms with Gasteiger partial charge in [0.1, 0.15) is 0 Å². The van der Waals surface area contributed by atoms with Gasteiger partial charge in [0.15, 0.2) is 5.78 Å². The Hall–Kier alpha value is -3.10. The molecule has 2 nitrogen and oxygen atoms in total. The average Bonchev–Trinajstić information content (AvgIpc) is 3.06. The lowest BCUT2D eigenvalue weighted by Crippen LogP contribution is -1.97. The van der Waals surface area contributed by atoms with Gasteiger partial charge in [-0.05, 0) is 42.8 Å². The van der Waals surface area contributed by atoms with Gasteiger partial charge in [0.25, 0.3) is 0 Å². The number of fused-ring (bicyclic) bond motifs is 1. The molecule has 1 aromatic heterocycles. The maximum Gasteiger partial charge on any atom is 0.185 e. The third kappa shape index (κ3) is 3.92. The van der Waals surface area contributed by atoms with Crippen molar-refractivity contribution in [3.05, 3.63) is 112 Å². The number of nitrogens with zero attached hydrogens (tertiary/aromatic N) is 1. The number of hydrogen-bond acceptors (Lipinski definition) is 1. The maximum absolute atomic E-state index is 12.5. The Bertz CT molecular complexity index is 1150. The van der Waals surface area contributed by atoms with Crippen LogP contribution in [0.2, 0.25) is 5.02 Å². The monoisotopic (exact) mass is 385 g/mol. The number of aryl methyl sites for hydroxylation is 1. The van der Waals surface area contributed by atoms with Crippen molar-refractivity contribution in [3.63, 3.8) is 0 Å². The summed E-state index contributed by atoms with van der Waals surface area (Å²) >= 11 is 6.00. The van der Waals surface area contributed by atoms with E-state index in [-0.39, 0.29) is 5.78 Å². The van der Waals surface area contributed by atoms with E-state index in [2.05, 4.69) is 22.9 Å². The molecule has 0 saturated carbocycles. The molecule has 0 unspecified atom stereocenters. The Kier molecular flexibility index (Phi) is 5.14. The molecule has 3 aromatic carbocycles. The molecular weight excluding hydrogens is 366 g/mol. The van der Waals surface area contributed by atoms with Gasteiger partial charge in [0.05, 0.1) is 0 Å². The van der Waals surface area contributed by atoms with E-state index in [9.17, 15) is 4.79 Å². The third-order valence-electron chi connectivity index (χ3n) is 4.84. The molecule has 4 aromatic rings. The number of carbonyl (C=O) groups is 1. The predicted molar refractivity (Wildman–Crippen MR) is 117 cm³/mol. The Morgan fingerprint density at radius 1 is 0.964 bits per heavy atom. The first-order valence-corrected chi connectivity index (χ1v) is 9.59. The van der Waals surface area contributed by atoms with Crippen LogP contribution < -0.4 is 0 Å². The van der Waals surface area contributed by atoms with E-state index in [1.54, 1.807) is 6.08 Å².